The number of nitrogens with one attached hydrogen (secondary N) is 1. The number of hydrogen-bond donors (Lipinski definition) is 1. The van der Waals surface area contributed by atoms with Gasteiger partial charge in [0.1, 0.15) is 5.69 Å². The summed E-state index contributed by atoms with van der Waals surface area (Å²) < 4.78 is 0.997. The van der Waals surface area contributed by atoms with E-state index in [9.17, 15) is 9.59 Å². The molecule has 0 radical (unpaired) electrons. The Morgan fingerprint density at radius 1 is 1.27 bits per heavy atom. The Morgan fingerprint density at radius 2 is 1.95 bits per heavy atom. The number of anilines is 1. The van der Waals surface area contributed by atoms with E-state index in [1.165, 1.54) is 18.3 Å². The predicted octanol–water partition coefficient (Wildman–Crippen LogP) is 4.17. The highest BCUT2D eigenvalue weighted by molar-refractivity contribution is 9.10. The number of ketones is 1. The molecule has 3 rings (SSSR count). The zero-order valence-corrected chi connectivity index (χ0v) is 14.5. The van der Waals surface area contributed by atoms with Crippen molar-refractivity contribution in [2.24, 2.45) is 0 Å². The highest BCUT2D eigenvalue weighted by Gasteiger charge is 2.45. The summed E-state index contributed by atoms with van der Waals surface area (Å²) in [6.45, 7) is 1.47. The van der Waals surface area contributed by atoms with Crippen molar-refractivity contribution in [3.8, 4) is 0 Å². The second kappa shape index (κ2) is 5.93. The van der Waals surface area contributed by atoms with Crippen LogP contribution in [0.2, 0.25) is 0 Å². The molecule has 22 heavy (non-hydrogen) atoms. The van der Waals surface area contributed by atoms with Crippen LogP contribution in [0.3, 0.4) is 0 Å². The second-order valence-electron chi connectivity index (χ2n) is 5.49. The first kappa shape index (κ1) is 15.4. The molecule has 1 heterocycles. The number of benzene rings is 1. The number of halogens is 1. The van der Waals surface area contributed by atoms with Gasteiger partial charge in [-0.05, 0) is 30.5 Å². The van der Waals surface area contributed by atoms with Crippen LogP contribution in [0.1, 0.15) is 42.2 Å². The fraction of sp³-hybridized carbons (Fsp3) is 0.312. The molecule has 1 aromatic carbocycles. The maximum Gasteiger partial charge on any atom is 0.236 e. The molecule has 0 bridgehead atoms. The summed E-state index contributed by atoms with van der Waals surface area (Å²) >= 11 is 4.70. The normalized spacial score (nSPS) is 15.9. The Labute approximate surface area is 141 Å². The van der Waals surface area contributed by atoms with E-state index in [4.69, 9.17) is 0 Å². The lowest BCUT2D eigenvalue weighted by Gasteiger charge is -2.40. The lowest BCUT2D eigenvalue weighted by Crippen LogP contribution is -2.46. The molecule has 0 aliphatic heterocycles. The molecule has 1 amide bonds. The van der Waals surface area contributed by atoms with E-state index in [1.54, 1.807) is 5.38 Å². The van der Waals surface area contributed by atoms with Crippen molar-refractivity contribution in [1.82, 2.24) is 4.98 Å². The van der Waals surface area contributed by atoms with Crippen LogP contribution < -0.4 is 5.32 Å². The molecule has 6 heteroatoms. The Kier molecular flexibility index (Phi) is 4.14. The molecule has 1 aliphatic carbocycles. The molecule has 4 nitrogen and oxygen atoms in total. The Balaban J connectivity index is 1.82. The average molecular weight is 379 g/mol. The molecule has 0 atom stereocenters. The number of carbonyl (C=O) groups excluding carboxylic acids is 2. The number of rotatable bonds is 4. The van der Waals surface area contributed by atoms with E-state index in [0.717, 1.165) is 29.3 Å². The summed E-state index contributed by atoms with van der Waals surface area (Å²) in [4.78, 5) is 28.2. The van der Waals surface area contributed by atoms with Crippen LogP contribution in [0.5, 0.6) is 0 Å². The number of Topliss-reactive ketones (excluding diaryl/α,β-unsaturated/α-hetero) is 1. The topological polar surface area (TPSA) is 59.1 Å². The van der Waals surface area contributed by atoms with E-state index in [1.807, 2.05) is 24.3 Å². The maximum absolute atomic E-state index is 12.7. The van der Waals surface area contributed by atoms with E-state index < -0.39 is 5.41 Å². The number of aromatic nitrogens is 1. The predicted molar refractivity (Wildman–Crippen MR) is 90.4 cm³/mol. The fourth-order valence-corrected chi connectivity index (χ4v) is 3.66. The van der Waals surface area contributed by atoms with Crippen molar-refractivity contribution in [2.75, 3.05) is 5.32 Å². The summed E-state index contributed by atoms with van der Waals surface area (Å²) in [6.07, 6.45) is 2.72. The van der Waals surface area contributed by atoms with E-state index in [-0.39, 0.29) is 11.7 Å². The summed E-state index contributed by atoms with van der Waals surface area (Å²) in [5.41, 5.74) is 0.956. The summed E-state index contributed by atoms with van der Waals surface area (Å²) in [6, 6.07) is 7.90. The van der Waals surface area contributed by atoms with Gasteiger partial charge in [-0.15, -0.1) is 11.3 Å². The first-order valence-electron chi connectivity index (χ1n) is 7.05. The van der Waals surface area contributed by atoms with Crippen LogP contribution in [0.4, 0.5) is 5.13 Å². The van der Waals surface area contributed by atoms with Crippen LogP contribution in [0.25, 0.3) is 0 Å². The minimum Gasteiger partial charge on any atom is -0.301 e. The van der Waals surface area contributed by atoms with E-state index in [0.29, 0.717) is 10.8 Å². The Bertz CT molecular complexity index is 720. The molecule has 0 saturated heterocycles. The van der Waals surface area contributed by atoms with E-state index >= 15 is 0 Å². The van der Waals surface area contributed by atoms with Crippen molar-refractivity contribution in [3.63, 3.8) is 0 Å². The van der Waals surface area contributed by atoms with Crippen LogP contribution in [-0.4, -0.2) is 16.7 Å². The maximum atomic E-state index is 12.7. The number of nitrogens with zero attached hydrogens (tertiary/aromatic N) is 1. The number of carbonyl (C=O) groups is 2. The van der Waals surface area contributed by atoms with Crippen molar-refractivity contribution in [3.05, 3.63) is 45.4 Å². The largest absolute Gasteiger partial charge is 0.301 e. The highest BCUT2D eigenvalue weighted by atomic mass is 79.9. The molecule has 0 spiro atoms. The molecule has 114 valence electrons. The highest BCUT2D eigenvalue weighted by Crippen LogP contribution is 2.45. The van der Waals surface area contributed by atoms with Gasteiger partial charge in [-0.2, -0.15) is 0 Å². The number of thiazole rings is 1. The third-order valence-electron chi connectivity index (χ3n) is 4.12. The number of hydrogen-bond acceptors (Lipinski definition) is 4. The van der Waals surface area contributed by atoms with Gasteiger partial charge in [0.15, 0.2) is 10.9 Å². The van der Waals surface area contributed by atoms with Gasteiger partial charge in [-0.1, -0.05) is 34.5 Å². The smallest absolute Gasteiger partial charge is 0.236 e. The molecule has 1 N–H and O–H groups in total. The minimum absolute atomic E-state index is 0.0366. The molecular formula is C16H15BrN2O2S. The fourth-order valence-electron chi connectivity index (χ4n) is 2.66. The third kappa shape index (κ3) is 2.73. The van der Waals surface area contributed by atoms with Crippen molar-refractivity contribution in [2.45, 2.75) is 31.6 Å². The van der Waals surface area contributed by atoms with Gasteiger partial charge in [-0.25, -0.2) is 4.98 Å². The molecule has 0 unspecified atom stereocenters. The molecular weight excluding hydrogens is 364 g/mol. The number of amides is 1. The van der Waals surface area contributed by atoms with Crippen LogP contribution in [0.15, 0.2) is 34.1 Å². The van der Waals surface area contributed by atoms with Gasteiger partial charge in [0.25, 0.3) is 0 Å². The molecule has 1 aromatic heterocycles. The molecule has 1 aliphatic rings. The molecule has 1 saturated carbocycles. The molecule has 2 aromatic rings. The quantitative estimate of drug-likeness (QED) is 0.812. The standard InChI is InChI=1S/C16H15BrN2O2S/c1-10(20)13-9-22-15(18-13)19-14(21)16(7-2-8-16)11-3-5-12(17)6-4-11/h3-6,9H,2,7-8H2,1H3,(H,18,19,21). The van der Waals surface area contributed by atoms with Crippen molar-refractivity contribution < 1.29 is 9.59 Å². The second-order valence-corrected chi connectivity index (χ2v) is 7.26. The Hall–Kier alpha value is -1.53. The summed E-state index contributed by atoms with van der Waals surface area (Å²) in [7, 11) is 0. The minimum atomic E-state index is -0.469. The van der Waals surface area contributed by atoms with Crippen LogP contribution >= 0.6 is 27.3 Å². The average Bonchev–Trinajstić information content (AvgIpc) is 2.88. The lowest BCUT2D eigenvalue weighted by molar-refractivity contribution is -0.124. The third-order valence-corrected chi connectivity index (χ3v) is 5.41. The van der Waals surface area contributed by atoms with Gasteiger partial charge in [0.2, 0.25) is 5.91 Å². The lowest BCUT2D eigenvalue weighted by atomic mass is 9.64. The van der Waals surface area contributed by atoms with Crippen molar-refractivity contribution in [1.29, 1.82) is 0 Å². The first-order chi connectivity index (χ1) is 10.5. The SMILES string of the molecule is CC(=O)c1csc(NC(=O)C2(c3ccc(Br)cc3)CCC2)n1. The van der Waals surface area contributed by atoms with Crippen LogP contribution in [0, 0.1) is 0 Å². The van der Waals surface area contributed by atoms with Gasteiger partial charge < -0.3 is 5.32 Å². The van der Waals surface area contributed by atoms with Crippen molar-refractivity contribution >= 4 is 44.1 Å². The summed E-state index contributed by atoms with van der Waals surface area (Å²) in [5, 5.41) is 5.03. The van der Waals surface area contributed by atoms with Gasteiger partial charge in [0.05, 0.1) is 5.41 Å². The first-order valence-corrected chi connectivity index (χ1v) is 8.72. The molecule has 1 fully saturated rings. The zero-order valence-electron chi connectivity index (χ0n) is 12.1. The van der Waals surface area contributed by atoms with Gasteiger partial charge in [0, 0.05) is 16.8 Å². The van der Waals surface area contributed by atoms with Gasteiger partial charge >= 0.3 is 0 Å². The zero-order chi connectivity index (χ0) is 15.7. The monoisotopic (exact) mass is 378 g/mol. The Morgan fingerprint density at radius 3 is 2.45 bits per heavy atom. The summed E-state index contributed by atoms with van der Waals surface area (Å²) in [5.74, 6) is -0.131. The van der Waals surface area contributed by atoms with Gasteiger partial charge in [-0.3, -0.25) is 9.59 Å². The van der Waals surface area contributed by atoms with Crippen LogP contribution in [-0.2, 0) is 10.2 Å². The van der Waals surface area contributed by atoms with E-state index in [2.05, 4.69) is 26.2 Å².